The van der Waals surface area contributed by atoms with E-state index < -0.39 is 52.6 Å². The Kier molecular flexibility index (Phi) is 12.6. The molecule has 4 amide bonds. The van der Waals surface area contributed by atoms with Crippen LogP contribution in [0.3, 0.4) is 0 Å². The first-order chi connectivity index (χ1) is 24.2. The fourth-order valence-electron chi connectivity index (χ4n) is 7.30. The molecule has 4 atom stereocenters. The molecule has 3 N–H and O–H groups in total. The summed E-state index contributed by atoms with van der Waals surface area (Å²) in [6.07, 6.45) is 8.46. The number of ketones is 1. The van der Waals surface area contributed by atoms with Gasteiger partial charge in [0.05, 0.1) is 23.3 Å². The fraction of sp³-hybridized carbons (Fsp3) is 0.676. The predicted molar refractivity (Wildman–Crippen MR) is 193 cm³/mol. The molecule has 2 aliphatic heterocycles. The van der Waals surface area contributed by atoms with Gasteiger partial charge in [0.25, 0.3) is 5.91 Å². The minimum absolute atomic E-state index is 0.0116. The third-order valence-corrected chi connectivity index (χ3v) is 10.7. The van der Waals surface area contributed by atoms with Gasteiger partial charge in [0.2, 0.25) is 23.5 Å². The highest BCUT2D eigenvalue weighted by Gasteiger charge is 2.55. The van der Waals surface area contributed by atoms with Gasteiger partial charge in [-0.2, -0.15) is 0 Å². The Morgan fingerprint density at radius 1 is 1.08 bits per heavy atom. The van der Waals surface area contributed by atoms with Crippen molar-refractivity contribution in [3.05, 3.63) is 28.8 Å². The number of Topliss-reactive ketones (excluding diaryl/α,β-unsaturated/α-hetero) is 1. The van der Waals surface area contributed by atoms with Crippen LogP contribution < -0.4 is 20.7 Å². The second kappa shape index (κ2) is 16.5. The first-order valence-electron chi connectivity index (χ1n) is 18.2. The number of rotatable bonds is 14. The largest absolute Gasteiger partial charge is 0.476 e. The Balaban J connectivity index is 1.39. The maximum atomic E-state index is 14.6. The van der Waals surface area contributed by atoms with Gasteiger partial charge in [-0.05, 0) is 61.6 Å². The molecule has 14 heteroatoms. The molecule has 1 aromatic rings. The van der Waals surface area contributed by atoms with Crippen LogP contribution in [0, 0.1) is 11.3 Å². The van der Waals surface area contributed by atoms with Crippen molar-refractivity contribution < 1.29 is 33.5 Å². The van der Waals surface area contributed by atoms with Gasteiger partial charge >= 0.3 is 0 Å². The Bertz CT molecular complexity index is 1520. The van der Waals surface area contributed by atoms with Crippen LogP contribution >= 0.6 is 23.2 Å². The zero-order valence-electron chi connectivity index (χ0n) is 30.0. The smallest absolute Gasteiger partial charge is 0.289 e. The van der Waals surface area contributed by atoms with Gasteiger partial charge < -0.3 is 30.4 Å². The molecule has 2 aliphatic carbocycles. The second-order valence-corrected chi connectivity index (χ2v) is 16.2. The fourth-order valence-corrected chi connectivity index (χ4v) is 7.65. The molecule has 1 spiro atoms. The van der Waals surface area contributed by atoms with Gasteiger partial charge in [0.15, 0.2) is 11.7 Å². The monoisotopic (exact) mass is 747 g/mol. The summed E-state index contributed by atoms with van der Waals surface area (Å²) in [6.45, 7) is 7.50. The van der Waals surface area contributed by atoms with Gasteiger partial charge in [-0.15, -0.1) is 0 Å². The molecule has 2 heterocycles. The van der Waals surface area contributed by atoms with Crippen LogP contribution in [0.15, 0.2) is 23.4 Å². The maximum Gasteiger partial charge on any atom is 0.289 e. The summed E-state index contributed by atoms with van der Waals surface area (Å²) in [5.74, 6) is -1.94. The molecule has 0 radical (unpaired) electrons. The lowest BCUT2D eigenvalue weighted by Crippen LogP contribution is -2.59. The van der Waals surface area contributed by atoms with Gasteiger partial charge in [0.1, 0.15) is 17.8 Å². The van der Waals surface area contributed by atoms with Crippen molar-refractivity contribution >= 4 is 58.3 Å². The summed E-state index contributed by atoms with van der Waals surface area (Å²) in [5, 5.41) is 13.2. The average Bonchev–Trinajstić information content (AvgIpc) is 3.68. The molecule has 51 heavy (non-hydrogen) atoms. The summed E-state index contributed by atoms with van der Waals surface area (Å²) < 4.78 is 5.35. The first kappa shape index (κ1) is 38.8. The van der Waals surface area contributed by atoms with Crippen molar-refractivity contribution in [2.24, 2.45) is 16.5 Å². The van der Waals surface area contributed by atoms with Gasteiger partial charge in [-0.25, -0.2) is 0 Å². The summed E-state index contributed by atoms with van der Waals surface area (Å²) in [5.41, 5.74) is -0.499. The van der Waals surface area contributed by atoms with E-state index in [-0.39, 0.29) is 49.7 Å². The minimum Gasteiger partial charge on any atom is -0.476 e. The number of nitrogens with one attached hydrogen (secondary N) is 3. The highest BCUT2D eigenvalue weighted by molar-refractivity contribution is 6.38. The first-order valence-corrected chi connectivity index (χ1v) is 19.1. The minimum atomic E-state index is -1.06. The van der Waals surface area contributed by atoms with Crippen molar-refractivity contribution in [2.45, 2.75) is 135 Å². The summed E-state index contributed by atoms with van der Waals surface area (Å²) in [6, 6.07) is 2.02. The number of likely N-dealkylation sites (tertiary alicyclic amines) is 1. The van der Waals surface area contributed by atoms with E-state index in [0.29, 0.717) is 34.9 Å². The maximum absolute atomic E-state index is 14.6. The van der Waals surface area contributed by atoms with E-state index in [1.165, 1.54) is 11.3 Å². The molecule has 3 fully saturated rings. The number of carbonyl (C=O) groups excluding carboxylic acids is 5. The molecule has 2 saturated carbocycles. The van der Waals surface area contributed by atoms with Crippen LogP contribution in [0.5, 0.6) is 5.75 Å². The highest BCUT2D eigenvalue weighted by Crippen LogP contribution is 2.41. The van der Waals surface area contributed by atoms with Crippen molar-refractivity contribution in [3.63, 3.8) is 0 Å². The SMILES string of the molecule is CCC[C@H](NC(=O)[C@@H]1C[C@]2(CC(c3ccc(OCCl)c(Cl)c3)=NO2)CN1C(=O)[C@@H](NC(=O)CC1CCCCC1)C(C)(C)C)C(=O)C(=O)NC1CC1. The molecule has 0 bridgehead atoms. The Labute approximate surface area is 310 Å². The lowest BCUT2D eigenvalue weighted by Gasteiger charge is -2.36. The molecule has 12 nitrogen and oxygen atoms in total. The average molecular weight is 749 g/mol. The number of ether oxygens (including phenoxy) is 1. The predicted octanol–water partition coefficient (Wildman–Crippen LogP) is 5.01. The van der Waals surface area contributed by atoms with Gasteiger partial charge in [-0.3, -0.25) is 24.0 Å². The van der Waals surface area contributed by atoms with Crippen LogP contribution in [0.25, 0.3) is 0 Å². The third-order valence-electron chi connectivity index (χ3n) is 10.3. The summed E-state index contributed by atoms with van der Waals surface area (Å²) in [4.78, 5) is 75.6. The van der Waals surface area contributed by atoms with Crippen LogP contribution in [0.1, 0.15) is 110 Å². The van der Waals surface area contributed by atoms with E-state index in [1.54, 1.807) is 18.2 Å². The van der Waals surface area contributed by atoms with Crippen molar-refractivity contribution in [2.75, 3.05) is 12.6 Å². The molecule has 280 valence electrons. The van der Waals surface area contributed by atoms with Crippen LogP contribution in [0.2, 0.25) is 5.02 Å². The Morgan fingerprint density at radius 3 is 2.43 bits per heavy atom. The highest BCUT2D eigenvalue weighted by atomic mass is 35.5. The Morgan fingerprint density at radius 2 is 1.80 bits per heavy atom. The summed E-state index contributed by atoms with van der Waals surface area (Å²) in [7, 11) is 0. The standard InChI is InChI=1S/C37H51Cl2N5O7/c1-5-9-26(31(46)34(48)40-24-13-14-24)41-33(47)28-19-37(18-27(43-51-37)23-12-15-29(50-21-38)25(39)17-23)20-44(28)35(49)32(36(2,3)4)42-30(45)16-22-10-7-6-8-11-22/h12,15,17,22,24,26,28,32H,5-11,13-14,16,18-21H2,1-4H3,(H,40,48)(H,41,47)(H,42,45)/t26-,28-,32+,37+/m0/s1. The van der Waals surface area contributed by atoms with Crippen molar-refractivity contribution in [3.8, 4) is 5.75 Å². The van der Waals surface area contributed by atoms with E-state index in [9.17, 15) is 24.0 Å². The molecule has 0 aromatic heterocycles. The molecule has 4 aliphatic rings. The van der Waals surface area contributed by atoms with E-state index in [4.69, 9.17) is 32.8 Å². The van der Waals surface area contributed by atoms with E-state index in [2.05, 4.69) is 21.1 Å². The van der Waals surface area contributed by atoms with Crippen molar-refractivity contribution in [1.29, 1.82) is 0 Å². The number of halogens is 2. The van der Waals surface area contributed by atoms with E-state index >= 15 is 0 Å². The lowest BCUT2D eigenvalue weighted by atomic mass is 9.84. The van der Waals surface area contributed by atoms with E-state index in [0.717, 1.165) is 38.5 Å². The number of alkyl halides is 1. The number of amides is 4. The second-order valence-electron chi connectivity index (χ2n) is 15.6. The molecule has 1 aromatic carbocycles. The van der Waals surface area contributed by atoms with Gasteiger partial charge in [-0.1, -0.05) is 81.7 Å². The number of hydrogen-bond donors (Lipinski definition) is 3. The third kappa shape index (κ3) is 9.74. The Hall–Kier alpha value is -3.38. The number of hydrogen-bond acceptors (Lipinski definition) is 8. The normalized spacial score (nSPS) is 23.2. The lowest BCUT2D eigenvalue weighted by molar-refractivity contribution is -0.145. The number of nitrogens with zero attached hydrogens (tertiary/aromatic N) is 2. The molecular formula is C37H51Cl2N5O7. The topological polar surface area (TPSA) is 156 Å². The summed E-state index contributed by atoms with van der Waals surface area (Å²) >= 11 is 12.1. The van der Waals surface area contributed by atoms with Crippen LogP contribution in [-0.4, -0.2) is 82.4 Å². The zero-order chi connectivity index (χ0) is 36.9. The quantitative estimate of drug-likeness (QED) is 0.179. The van der Waals surface area contributed by atoms with Crippen molar-refractivity contribution in [1.82, 2.24) is 20.9 Å². The van der Waals surface area contributed by atoms with Gasteiger partial charge in [0, 0.05) is 30.9 Å². The number of benzene rings is 1. The molecule has 1 saturated heterocycles. The number of oxime groups is 1. The van der Waals surface area contributed by atoms with Crippen LogP contribution in [-0.2, 0) is 28.8 Å². The van der Waals surface area contributed by atoms with E-state index in [1.807, 2.05) is 27.7 Å². The zero-order valence-corrected chi connectivity index (χ0v) is 31.5. The molecular weight excluding hydrogens is 697 g/mol. The number of carbonyl (C=O) groups is 5. The molecule has 0 unspecified atom stereocenters. The van der Waals surface area contributed by atoms with Crippen LogP contribution in [0.4, 0.5) is 0 Å². The molecule has 5 rings (SSSR count).